The number of carbonyl (C=O) groups excluding carboxylic acids is 1. The van der Waals surface area contributed by atoms with Gasteiger partial charge in [-0.25, -0.2) is 0 Å². The van der Waals surface area contributed by atoms with Gasteiger partial charge in [0.05, 0.1) is 12.2 Å². The number of rotatable bonds is 6. The lowest BCUT2D eigenvalue weighted by atomic mass is 10.1. The number of hydrogen-bond acceptors (Lipinski definition) is 4. The first-order valence-electron chi connectivity index (χ1n) is 9.73. The van der Waals surface area contributed by atoms with Crippen molar-refractivity contribution in [1.82, 2.24) is 0 Å². The van der Waals surface area contributed by atoms with E-state index in [1.54, 1.807) is 18.2 Å². The Morgan fingerprint density at radius 2 is 1.83 bits per heavy atom. The van der Waals surface area contributed by atoms with Gasteiger partial charge in [-0.1, -0.05) is 35.9 Å². The number of allylic oxidation sites excluding steroid dienone is 1. The van der Waals surface area contributed by atoms with Crippen molar-refractivity contribution in [2.24, 2.45) is 0 Å². The average molecular weight is 421 g/mol. The summed E-state index contributed by atoms with van der Waals surface area (Å²) in [7, 11) is 0. The Bertz CT molecular complexity index is 1120. The van der Waals surface area contributed by atoms with Gasteiger partial charge in [0.15, 0.2) is 5.76 Å². The van der Waals surface area contributed by atoms with E-state index in [9.17, 15) is 4.79 Å². The number of carbonyl (C=O) groups is 1. The Labute approximate surface area is 180 Å². The molecule has 4 nitrogen and oxygen atoms in total. The van der Waals surface area contributed by atoms with Crippen molar-refractivity contribution >= 4 is 23.5 Å². The highest BCUT2D eigenvalue weighted by molar-refractivity contribution is 6.30. The van der Waals surface area contributed by atoms with Gasteiger partial charge >= 0.3 is 0 Å². The van der Waals surface area contributed by atoms with Gasteiger partial charge in [0.2, 0.25) is 5.78 Å². The molecular formula is C25H21ClO4. The number of benzene rings is 3. The highest BCUT2D eigenvalue weighted by atomic mass is 35.5. The monoisotopic (exact) mass is 420 g/mol. The van der Waals surface area contributed by atoms with Crippen LogP contribution in [0.15, 0.2) is 66.4 Å². The number of fused-ring (bicyclic) bond motifs is 1. The van der Waals surface area contributed by atoms with Gasteiger partial charge in [0, 0.05) is 10.6 Å². The van der Waals surface area contributed by atoms with E-state index in [1.165, 1.54) is 0 Å². The van der Waals surface area contributed by atoms with Crippen LogP contribution in [-0.2, 0) is 6.61 Å². The number of halogens is 1. The number of ether oxygens (including phenoxy) is 3. The van der Waals surface area contributed by atoms with E-state index >= 15 is 0 Å². The molecule has 1 aliphatic rings. The quantitative estimate of drug-likeness (QED) is 0.442. The van der Waals surface area contributed by atoms with Crippen molar-refractivity contribution in [3.05, 3.63) is 93.7 Å². The van der Waals surface area contributed by atoms with Crippen LogP contribution in [-0.4, -0.2) is 12.4 Å². The van der Waals surface area contributed by atoms with Gasteiger partial charge < -0.3 is 14.2 Å². The molecule has 152 valence electrons. The molecule has 3 aromatic rings. The van der Waals surface area contributed by atoms with Crippen LogP contribution in [0.2, 0.25) is 5.02 Å². The molecule has 0 spiro atoms. The van der Waals surface area contributed by atoms with E-state index in [4.69, 9.17) is 25.8 Å². The molecular weight excluding hydrogens is 400 g/mol. The van der Waals surface area contributed by atoms with Gasteiger partial charge in [-0.3, -0.25) is 4.79 Å². The van der Waals surface area contributed by atoms with E-state index in [1.807, 2.05) is 62.4 Å². The molecule has 0 radical (unpaired) electrons. The first-order valence-corrected chi connectivity index (χ1v) is 10.1. The maximum absolute atomic E-state index is 12.8. The third-order valence-electron chi connectivity index (χ3n) is 4.81. The number of Topliss-reactive ketones (excluding diaryl/α,β-unsaturated/α-hetero) is 1. The topological polar surface area (TPSA) is 44.8 Å². The van der Waals surface area contributed by atoms with Crippen molar-refractivity contribution < 1.29 is 19.0 Å². The van der Waals surface area contributed by atoms with E-state index in [0.29, 0.717) is 41.1 Å². The van der Waals surface area contributed by atoms with Crippen molar-refractivity contribution in [3.63, 3.8) is 0 Å². The molecule has 0 atom stereocenters. The lowest BCUT2D eigenvalue weighted by Gasteiger charge is -2.11. The second-order valence-corrected chi connectivity index (χ2v) is 7.36. The fraction of sp³-hybridized carbons (Fsp3) is 0.160. The zero-order chi connectivity index (χ0) is 21.1. The molecule has 1 aliphatic heterocycles. The molecule has 0 unspecified atom stereocenters. The molecule has 0 amide bonds. The molecule has 0 saturated heterocycles. The van der Waals surface area contributed by atoms with Crippen molar-refractivity contribution in [2.45, 2.75) is 20.5 Å². The Morgan fingerprint density at radius 3 is 2.57 bits per heavy atom. The van der Waals surface area contributed by atoms with Crippen LogP contribution in [0.3, 0.4) is 0 Å². The van der Waals surface area contributed by atoms with Gasteiger partial charge in [0.1, 0.15) is 23.9 Å². The van der Waals surface area contributed by atoms with E-state index < -0.39 is 0 Å². The summed E-state index contributed by atoms with van der Waals surface area (Å²) < 4.78 is 17.3. The summed E-state index contributed by atoms with van der Waals surface area (Å²) in [4.78, 5) is 12.8. The van der Waals surface area contributed by atoms with Crippen LogP contribution in [0.4, 0.5) is 0 Å². The van der Waals surface area contributed by atoms with Crippen molar-refractivity contribution in [3.8, 4) is 17.2 Å². The molecule has 5 heteroatoms. The van der Waals surface area contributed by atoms with Gasteiger partial charge in [-0.05, 0) is 67.4 Å². The molecule has 30 heavy (non-hydrogen) atoms. The third kappa shape index (κ3) is 4.19. The fourth-order valence-corrected chi connectivity index (χ4v) is 3.50. The van der Waals surface area contributed by atoms with E-state index in [2.05, 4.69) is 0 Å². The maximum Gasteiger partial charge on any atom is 0.231 e. The molecule has 0 bridgehead atoms. The van der Waals surface area contributed by atoms with Gasteiger partial charge in [0.25, 0.3) is 0 Å². The highest BCUT2D eigenvalue weighted by Gasteiger charge is 2.30. The summed E-state index contributed by atoms with van der Waals surface area (Å²) in [5.74, 6) is 2.16. The smallest absolute Gasteiger partial charge is 0.231 e. The van der Waals surface area contributed by atoms with Crippen LogP contribution in [0.1, 0.15) is 34.0 Å². The summed E-state index contributed by atoms with van der Waals surface area (Å²) in [6.45, 7) is 4.81. The molecule has 0 N–H and O–H groups in total. The molecule has 3 aromatic carbocycles. The SMILES string of the molecule is CCOc1ccc(/C=C2\Oc3c(ccc(OCc4cccc(Cl)c4)c3C)C2=O)cc1. The summed E-state index contributed by atoms with van der Waals surface area (Å²) in [5, 5.41) is 0.666. The number of ketones is 1. The fourth-order valence-electron chi connectivity index (χ4n) is 3.29. The zero-order valence-corrected chi connectivity index (χ0v) is 17.5. The number of hydrogen-bond donors (Lipinski definition) is 0. The van der Waals surface area contributed by atoms with Gasteiger partial charge in [-0.15, -0.1) is 0 Å². The first kappa shape index (κ1) is 20.0. The molecule has 0 aliphatic carbocycles. The largest absolute Gasteiger partial charge is 0.494 e. The van der Waals surface area contributed by atoms with Gasteiger partial charge in [-0.2, -0.15) is 0 Å². The normalized spacial score (nSPS) is 13.8. The Morgan fingerprint density at radius 1 is 1.03 bits per heavy atom. The second-order valence-electron chi connectivity index (χ2n) is 6.93. The van der Waals surface area contributed by atoms with Crippen molar-refractivity contribution in [2.75, 3.05) is 6.61 Å². The predicted octanol–water partition coefficient (Wildman–Crippen LogP) is 6.24. The Hall–Kier alpha value is -3.24. The van der Waals surface area contributed by atoms with Crippen molar-refractivity contribution in [1.29, 1.82) is 0 Å². The van der Waals surface area contributed by atoms with E-state index in [0.717, 1.165) is 22.4 Å². The standard InChI is InChI=1S/C25H21ClO4/c1-3-28-20-9-7-17(8-10-20)14-23-24(27)21-11-12-22(16(2)25(21)30-23)29-15-18-5-4-6-19(26)13-18/h4-14H,3,15H2,1-2H3/b23-14-. The predicted molar refractivity (Wildman–Crippen MR) is 118 cm³/mol. The summed E-state index contributed by atoms with van der Waals surface area (Å²) in [5.41, 5.74) is 3.16. The Kier molecular flexibility index (Phi) is 5.77. The molecule has 0 fully saturated rings. The van der Waals surface area contributed by atoms with Crippen LogP contribution >= 0.6 is 11.6 Å². The van der Waals surface area contributed by atoms with Crippen LogP contribution < -0.4 is 14.2 Å². The minimum absolute atomic E-state index is 0.136. The highest BCUT2D eigenvalue weighted by Crippen LogP contribution is 2.39. The lowest BCUT2D eigenvalue weighted by molar-refractivity contribution is 0.101. The third-order valence-corrected chi connectivity index (χ3v) is 5.04. The average Bonchev–Trinajstić information content (AvgIpc) is 3.06. The van der Waals surface area contributed by atoms with Crippen LogP contribution in [0.25, 0.3) is 6.08 Å². The summed E-state index contributed by atoms with van der Waals surface area (Å²) >= 11 is 6.03. The molecule has 0 aromatic heterocycles. The molecule has 4 rings (SSSR count). The summed E-state index contributed by atoms with van der Waals surface area (Å²) in [6.07, 6.45) is 1.74. The summed E-state index contributed by atoms with van der Waals surface area (Å²) in [6, 6.07) is 18.6. The minimum atomic E-state index is -0.136. The van der Waals surface area contributed by atoms with E-state index in [-0.39, 0.29) is 5.78 Å². The molecule has 1 heterocycles. The minimum Gasteiger partial charge on any atom is -0.494 e. The zero-order valence-electron chi connectivity index (χ0n) is 16.8. The Balaban J connectivity index is 1.53. The lowest BCUT2D eigenvalue weighted by Crippen LogP contribution is -1.98. The first-order chi connectivity index (χ1) is 14.5. The molecule has 0 saturated carbocycles. The maximum atomic E-state index is 12.8. The second kappa shape index (κ2) is 8.64. The van der Waals surface area contributed by atoms with Crippen LogP contribution in [0.5, 0.6) is 17.2 Å². The van der Waals surface area contributed by atoms with Crippen LogP contribution in [0, 0.1) is 6.92 Å².